The predicted octanol–water partition coefficient (Wildman–Crippen LogP) is 2.23. The van der Waals surface area contributed by atoms with E-state index < -0.39 is 0 Å². The number of halogens is 2. The Morgan fingerprint density at radius 3 is 2.89 bits per heavy atom. The summed E-state index contributed by atoms with van der Waals surface area (Å²) in [5.41, 5.74) is 5.57. The molecule has 0 aromatic heterocycles. The summed E-state index contributed by atoms with van der Waals surface area (Å²) in [7, 11) is 0. The monoisotopic (exact) mass is 290 g/mol. The lowest BCUT2D eigenvalue weighted by Crippen LogP contribution is -2.32. The SMILES string of the molecule is CC(N)CCNC(=O)COc1cc(Cl)ccc1Cl. The zero-order valence-corrected chi connectivity index (χ0v) is 11.6. The van der Waals surface area contributed by atoms with Gasteiger partial charge in [-0.05, 0) is 25.5 Å². The minimum Gasteiger partial charge on any atom is -0.482 e. The maximum Gasteiger partial charge on any atom is 0.257 e. The molecule has 6 heteroatoms. The van der Waals surface area contributed by atoms with E-state index >= 15 is 0 Å². The minimum atomic E-state index is -0.216. The third-order valence-corrected chi connectivity index (χ3v) is 2.72. The third-order valence-electron chi connectivity index (χ3n) is 2.17. The Hall–Kier alpha value is -0.970. The zero-order valence-electron chi connectivity index (χ0n) is 10.1. The predicted molar refractivity (Wildman–Crippen MR) is 73.2 cm³/mol. The molecule has 0 aliphatic heterocycles. The number of nitrogens with one attached hydrogen (secondary N) is 1. The molecule has 1 amide bonds. The number of nitrogens with two attached hydrogens (primary N) is 1. The largest absolute Gasteiger partial charge is 0.482 e. The van der Waals surface area contributed by atoms with Gasteiger partial charge in [0, 0.05) is 23.7 Å². The van der Waals surface area contributed by atoms with E-state index in [9.17, 15) is 4.79 Å². The average molecular weight is 291 g/mol. The van der Waals surface area contributed by atoms with Crippen molar-refractivity contribution in [3.8, 4) is 5.75 Å². The molecule has 1 unspecified atom stereocenters. The molecule has 0 fully saturated rings. The zero-order chi connectivity index (χ0) is 13.5. The highest BCUT2D eigenvalue weighted by Gasteiger charge is 2.06. The number of ether oxygens (including phenoxy) is 1. The fourth-order valence-corrected chi connectivity index (χ4v) is 1.56. The minimum absolute atomic E-state index is 0.0635. The summed E-state index contributed by atoms with van der Waals surface area (Å²) < 4.78 is 5.28. The molecule has 0 heterocycles. The number of carbonyl (C=O) groups is 1. The van der Waals surface area contributed by atoms with Gasteiger partial charge < -0.3 is 15.8 Å². The second-order valence-electron chi connectivity index (χ2n) is 3.98. The summed E-state index contributed by atoms with van der Waals surface area (Å²) in [5, 5.41) is 3.62. The highest BCUT2D eigenvalue weighted by Crippen LogP contribution is 2.27. The maximum absolute atomic E-state index is 11.4. The van der Waals surface area contributed by atoms with E-state index in [0.717, 1.165) is 6.42 Å². The van der Waals surface area contributed by atoms with E-state index in [1.165, 1.54) is 0 Å². The number of amides is 1. The van der Waals surface area contributed by atoms with Gasteiger partial charge in [0.15, 0.2) is 6.61 Å². The van der Waals surface area contributed by atoms with Gasteiger partial charge in [-0.3, -0.25) is 4.79 Å². The Kier molecular flexibility index (Phi) is 6.25. The molecule has 0 radical (unpaired) electrons. The van der Waals surface area contributed by atoms with Crippen LogP contribution in [0.4, 0.5) is 0 Å². The van der Waals surface area contributed by atoms with Crippen molar-refractivity contribution >= 4 is 29.1 Å². The summed E-state index contributed by atoms with van der Waals surface area (Å²) >= 11 is 11.7. The Bertz CT molecular complexity index is 411. The van der Waals surface area contributed by atoms with Crippen molar-refractivity contribution in [2.24, 2.45) is 5.73 Å². The van der Waals surface area contributed by atoms with Crippen LogP contribution in [-0.4, -0.2) is 25.1 Å². The molecule has 3 N–H and O–H groups in total. The van der Waals surface area contributed by atoms with E-state index in [0.29, 0.717) is 22.3 Å². The van der Waals surface area contributed by atoms with Crippen LogP contribution in [0.2, 0.25) is 10.0 Å². The Balaban J connectivity index is 2.36. The molecule has 100 valence electrons. The number of hydrogen-bond acceptors (Lipinski definition) is 3. The molecular weight excluding hydrogens is 275 g/mol. The highest BCUT2D eigenvalue weighted by atomic mass is 35.5. The second kappa shape index (κ2) is 7.46. The third kappa shape index (κ3) is 5.58. The summed E-state index contributed by atoms with van der Waals surface area (Å²) in [4.78, 5) is 11.4. The molecule has 1 atom stereocenters. The van der Waals surface area contributed by atoms with Gasteiger partial charge in [-0.1, -0.05) is 23.2 Å². The average Bonchev–Trinajstić information content (AvgIpc) is 2.30. The Morgan fingerprint density at radius 1 is 1.50 bits per heavy atom. The Morgan fingerprint density at radius 2 is 2.22 bits per heavy atom. The standard InChI is InChI=1S/C12H16Cl2N2O2/c1-8(15)4-5-16-12(17)7-18-11-6-9(13)2-3-10(11)14/h2-3,6,8H,4-5,7,15H2,1H3,(H,16,17). The van der Waals surface area contributed by atoms with Crippen molar-refractivity contribution in [2.45, 2.75) is 19.4 Å². The molecular formula is C12H16Cl2N2O2. The van der Waals surface area contributed by atoms with Gasteiger partial charge in [0.2, 0.25) is 0 Å². The van der Waals surface area contributed by atoms with Gasteiger partial charge in [-0.2, -0.15) is 0 Å². The molecule has 18 heavy (non-hydrogen) atoms. The lowest BCUT2D eigenvalue weighted by molar-refractivity contribution is -0.123. The van der Waals surface area contributed by atoms with Crippen LogP contribution in [0.1, 0.15) is 13.3 Å². The number of rotatable bonds is 6. The van der Waals surface area contributed by atoms with Crippen molar-refractivity contribution in [3.63, 3.8) is 0 Å². The van der Waals surface area contributed by atoms with Crippen molar-refractivity contribution in [2.75, 3.05) is 13.2 Å². The Labute approximate surface area is 116 Å². The molecule has 0 bridgehead atoms. The van der Waals surface area contributed by atoms with E-state index in [1.54, 1.807) is 18.2 Å². The van der Waals surface area contributed by atoms with E-state index in [-0.39, 0.29) is 18.6 Å². The van der Waals surface area contributed by atoms with E-state index in [4.69, 9.17) is 33.7 Å². The molecule has 0 aliphatic rings. The topological polar surface area (TPSA) is 64.3 Å². The van der Waals surface area contributed by atoms with Crippen LogP contribution >= 0.6 is 23.2 Å². The molecule has 1 aromatic rings. The van der Waals surface area contributed by atoms with Crippen molar-refractivity contribution < 1.29 is 9.53 Å². The molecule has 0 saturated carbocycles. The van der Waals surface area contributed by atoms with Gasteiger partial charge in [0.05, 0.1) is 5.02 Å². The van der Waals surface area contributed by atoms with Crippen molar-refractivity contribution in [1.29, 1.82) is 0 Å². The maximum atomic E-state index is 11.4. The van der Waals surface area contributed by atoms with Crippen LogP contribution in [0.5, 0.6) is 5.75 Å². The number of carbonyl (C=O) groups excluding carboxylic acids is 1. The number of hydrogen-bond donors (Lipinski definition) is 2. The summed E-state index contributed by atoms with van der Waals surface area (Å²) in [6, 6.07) is 4.90. The summed E-state index contributed by atoms with van der Waals surface area (Å²) in [6.45, 7) is 2.32. The van der Waals surface area contributed by atoms with Gasteiger partial charge >= 0.3 is 0 Å². The normalized spacial score (nSPS) is 12.0. The smallest absolute Gasteiger partial charge is 0.257 e. The first-order valence-corrected chi connectivity index (χ1v) is 6.34. The van der Waals surface area contributed by atoms with Gasteiger partial charge in [-0.15, -0.1) is 0 Å². The quantitative estimate of drug-likeness (QED) is 0.844. The molecule has 4 nitrogen and oxygen atoms in total. The first-order chi connectivity index (χ1) is 8.49. The van der Waals surface area contributed by atoms with Gasteiger partial charge in [0.1, 0.15) is 5.75 Å². The van der Waals surface area contributed by atoms with Crippen LogP contribution in [0.15, 0.2) is 18.2 Å². The van der Waals surface area contributed by atoms with Crippen LogP contribution < -0.4 is 15.8 Å². The molecule has 1 aromatic carbocycles. The molecule has 0 saturated heterocycles. The van der Waals surface area contributed by atoms with E-state index in [2.05, 4.69) is 5.32 Å². The lowest BCUT2D eigenvalue weighted by atomic mass is 10.2. The first kappa shape index (κ1) is 15.1. The van der Waals surface area contributed by atoms with Crippen LogP contribution in [0.3, 0.4) is 0 Å². The lowest BCUT2D eigenvalue weighted by Gasteiger charge is -2.10. The van der Waals surface area contributed by atoms with Crippen LogP contribution in [0, 0.1) is 0 Å². The van der Waals surface area contributed by atoms with E-state index in [1.807, 2.05) is 6.92 Å². The summed E-state index contributed by atoms with van der Waals surface area (Å²) in [5.74, 6) is 0.179. The highest BCUT2D eigenvalue weighted by molar-refractivity contribution is 6.34. The van der Waals surface area contributed by atoms with Crippen LogP contribution in [0.25, 0.3) is 0 Å². The molecule has 0 aliphatic carbocycles. The summed E-state index contributed by atoms with van der Waals surface area (Å²) in [6.07, 6.45) is 0.726. The molecule has 1 rings (SSSR count). The first-order valence-electron chi connectivity index (χ1n) is 5.59. The van der Waals surface area contributed by atoms with Crippen LogP contribution in [-0.2, 0) is 4.79 Å². The van der Waals surface area contributed by atoms with Gasteiger partial charge in [-0.25, -0.2) is 0 Å². The van der Waals surface area contributed by atoms with Crippen molar-refractivity contribution in [3.05, 3.63) is 28.2 Å². The number of benzene rings is 1. The molecule has 0 spiro atoms. The fraction of sp³-hybridized carbons (Fsp3) is 0.417. The van der Waals surface area contributed by atoms with Crippen molar-refractivity contribution in [1.82, 2.24) is 5.32 Å². The van der Waals surface area contributed by atoms with Gasteiger partial charge in [0.25, 0.3) is 5.91 Å². The fourth-order valence-electron chi connectivity index (χ4n) is 1.22. The second-order valence-corrected chi connectivity index (χ2v) is 4.82.